The minimum Gasteiger partial charge on any atom is -0.473 e. The number of hydrogen-bond donors (Lipinski definition) is 0. The summed E-state index contributed by atoms with van der Waals surface area (Å²) in [7, 11) is -3.83. The van der Waals surface area contributed by atoms with Crippen molar-refractivity contribution in [2.45, 2.75) is 31.3 Å². The highest BCUT2D eigenvalue weighted by molar-refractivity contribution is 7.86. The first-order valence-corrected chi connectivity index (χ1v) is 6.76. The largest absolute Gasteiger partial charge is 0.473 e. The van der Waals surface area contributed by atoms with Crippen molar-refractivity contribution in [3.63, 3.8) is 0 Å². The van der Waals surface area contributed by atoms with Gasteiger partial charge in [-0.15, -0.1) is 0 Å². The fourth-order valence-corrected chi connectivity index (χ4v) is 2.28. The minimum absolute atomic E-state index is 0.0812. The molecule has 0 bridgehead atoms. The number of ether oxygens (including phenoxy) is 2. The van der Waals surface area contributed by atoms with Crippen LogP contribution in [0.25, 0.3) is 0 Å². The average Bonchev–Trinajstić information content (AvgIpc) is 2.29. The van der Waals surface area contributed by atoms with Gasteiger partial charge in [0.1, 0.15) is 0 Å². The van der Waals surface area contributed by atoms with Crippen molar-refractivity contribution in [3.8, 4) is 0 Å². The van der Waals surface area contributed by atoms with E-state index in [4.69, 9.17) is 13.7 Å². The zero-order valence-corrected chi connectivity index (χ0v) is 11.1. The molecule has 0 aliphatic carbocycles. The van der Waals surface area contributed by atoms with E-state index in [1.165, 1.54) is 25.3 Å². The Balaban J connectivity index is 2.64. The van der Waals surface area contributed by atoms with Crippen molar-refractivity contribution < 1.29 is 22.1 Å². The maximum Gasteiger partial charge on any atom is 0.299 e. The smallest absolute Gasteiger partial charge is 0.299 e. The molecule has 0 amide bonds. The van der Waals surface area contributed by atoms with Crippen LogP contribution in [-0.4, -0.2) is 21.0 Å². The molecule has 0 aliphatic rings. The lowest BCUT2D eigenvalue weighted by molar-refractivity contribution is -0.181. The highest BCUT2D eigenvalue weighted by atomic mass is 32.2. The molecule has 1 aromatic carbocycles. The highest BCUT2D eigenvalue weighted by Crippen LogP contribution is 2.14. The van der Waals surface area contributed by atoms with Crippen LogP contribution < -0.4 is 0 Å². The van der Waals surface area contributed by atoms with Crippen LogP contribution >= 0.6 is 0 Å². The van der Waals surface area contributed by atoms with E-state index >= 15 is 0 Å². The van der Waals surface area contributed by atoms with Gasteiger partial charge in [0.05, 0.1) is 11.2 Å². The molecular formula is C12H16O5S. The monoisotopic (exact) mass is 272 g/mol. The van der Waals surface area contributed by atoms with Crippen molar-refractivity contribution in [1.82, 2.24) is 0 Å². The second kappa shape index (κ2) is 6.53. The van der Waals surface area contributed by atoms with Crippen molar-refractivity contribution in [2.75, 3.05) is 0 Å². The molecular weight excluding hydrogens is 256 g/mol. The summed E-state index contributed by atoms with van der Waals surface area (Å²) in [5.74, 6) is 0. The molecule has 0 N–H and O–H groups in total. The molecule has 1 rings (SSSR count). The Morgan fingerprint density at radius 2 is 1.78 bits per heavy atom. The van der Waals surface area contributed by atoms with Crippen molar-refractivity contribution >= 4 is 10.1 Å². The van der Waals surface area contributed by atoms with Gasteiger partial charge in [-0.25, -0.2) is 4.18 Å². The molecule has 0 heterocycles. The lowest BCUT2D eigenvalue weighted by Gasteiger charge is -2.18. The zero-order valence-electron chi connectivity index (χ0n) is 10.3. The van der Waals surface area contributed by atoms with Crippen LogP contribution in [0.1, 0.15) is 13.8 Å². The van der Waals surface area contributed by atoms with Gasteiger partial charge in [-0.05, 0) is 26.0 Å². The predicted octanol–water partition coefficient (Wildman–Crippen LogP) is 2.26. The van der Waals surface area contributed by atoms with E-state index in [1.54, 1.807) is 25.1 Å². The molecule has 0 aliphatic heterocycles. The summed E-state index contributed by atoms with van der Waals surface area (Å²) in [5, 5.41) is 0. The van der Waals surface area contributed by atoms with Crippen LogP contribution in [0.2, 0.25) is 0 Å². The molecule has 18 heavy (non-hydrogen) atoms. The summed E-state index contributed by atoms with van der Waals surface area (Å²) in [6, 6.07) is 7.85. The molecule has 6 heteroatoms. The molecule has 0 fully saturated rings. The maximum absolute atomic E-state index is 11.8. The predicted molar refractivity (Wildman–Crippen MR) is 66.0 cm³/mol. The summed E-state index contributed by atoms with van der Waals surface area (Å²) in [5.41, 5.74) is 0. The Bertz CT molecular complexity index is 469. The average molecular weight is 272 g/mol. The van der Waals surface area contributed by atoms with Crippen LogP contribution in [0, 0.1) is 0 Å². The van der Waals surface area contributed by atoms with Crippen LogP contribution in [-0.2, 0) is 23.8 Å². The molecule has 0 aromatic heterocycles. The van der Waals surface area contributed by atoms with E-state index < -0.39 is 22.7 Å². The Hall–Kier alpha value is -1.37. The summed E-state index contributed by atoms with van der Waals surface area (Å²) in [6.07, 6.45) is -0.378. The third-order valence-corrected chi connectivity index (χ3v) is 3.34. The normalized spacial score (nSPS) is 14.8. The first-order chi connectivity index (χ1) is 8.45. The van der Waals surface area contributed by atoms with E-state index in [-0.39, 0.29) is 4.90 Å². The second-order valence-corrected chi connectivity index (χ2v) is 5.01. The topological polar surface area (TPSA) is 61.8 Å². The van der Waals surface area contributed by atoms with Gasteiger partial charge in [-0.3, -0.25) is 0 Å². The van der Waals surface area contributed by atoms with E-state index in [2.05, 4.69) is 6.58 Å². The van der Waals surface area contributed by atoms with Gasteiger partial charge in [0.15, 0.2) is 12.6 Å². The van der Waals surface area contributed by atoms with Gasteiger partial charge < -0.3 is 9.47 Å². The molecule has 0 radical (unpaired) electrons. The fourth-order valence-electron chi connectivity index (χ4n) is 1.28. The maximum atomic E-state index is 11.8. The number of hydrogen-bond acceptors (Lipinski definition) is 5. The lowest BCUT2D eigenvalue weighted by Crippen LogP contribution is -2.23. The highest BCUT2D eigenvalue weighted by Gasteiger charge is 2.20. The van der Waals surface area contributed by atoms with Gasteiger partial charge in [0.2, 0.25) is 0 Å². The SMILES string of the molecule is C=COC(C)OC(C)OS(=O)(=O)c1ccccc1. The van der Waals surface area contributed by atoms with E-state index in [0.29, 0.717) is 0 Å². The number of rotatable bonds is 7. The minimum atomic E-state index is -3.83. The van der Waals surface area contributed by atoms with Gasteiger partial charge in [-0.1, -0.05) is 24.8 Å². The summed E-state index contributed by atoms with van der Waals surface area (Å²) >= 11 is 0. The van der Waals surface area contributed by atoms with Crippen LogP contribution in [0.3, 0.4) is 0 Å². The summed E-state index contributed by atoms with van der Waals surface area (Å²) in [4.78, 5) is 0.0812. The Morgan fingerprint density at radius 3 is 2.33 bits per heavy atom. The van der Waals surface area contributed by atoms with E-state index in [9.17, 15) is 8.42 Å². The molecule has 5 nitrogen and oxygen atoms in total. The van der Waals surface area contributed by atoms with Gasteiger partial charge in [-0.2, -0.15) is 8.42 Å². The molecule has 100 valence electrons. The lowest BCUT2D eigenvalue weighted by atomic mass is 10.4. The first kappa shape index (κ1) is 14.7. The quantitative estimate of drug-likeness (QED) is 0.433. The van der Waals surface area contributed by atoms with Crippen molar-refractivity contribution in [3.05, 3.63) is 43.2 Å². The van der Waals surface area contributed by atoms with Crippen molar-refractivity contribution in [1.29, 1.82) is 0 Å². The van der Waals surface area contributed by atoms with Gasteiger partial charge >= 0.3 is 0 Å². The van der Waals surface area contributed by atoms with Crippen LogP contribution in [0.15, 0.2) is 48.1 Å². The third-order valence-electron chi connectivity index (χ3n) is 1.97. The first-order valence-electron chi connectivity index (χ1n) is 5.36. The molecule has 2 atom stereocenters. The fraction of sp³-hybridized carbons (Fsp3) is 0.333. The van der Waals surface area contributed by atoms with Gasteiger partial charge in [0, 0.05) is 0 Å². The molecule has 1 aromatic rings. The van der Waals surface area contributed by atoms with E-state index in [1.807, 2.05) is 0 Å². The summed E-state index contributed by atoms with van der Waals surface area (Å²) in [6.45, 7) is 6.45. The third kappa shape index (κ3) is 4.48. The van der Waals surface area contributed by atoms with Crippen molar-refractivity contribution in [2.24, 2.45) is 0 Å². The zero-order chi connectivity index (χ0) is 13.6. The van der Waals surface area contributed by atoms with Gasteiger partial charge in [0.25, 0.3) is 10.1 Å². The number of benzene rings is 1. The Morgan fingerprint density at radius 1 is 1.17 bits per heavy atom. The van der Waals surface area contributed by atoms with Crippen LogP contribution in [0.4, 0.5) is 0 Å². The molecule has 0 saturated carbocycles. The molecule has 0 spiro atoms. The van der Waals surface area contributed by atoms with E-state index in [0.717, 1.165) is 0 Å². The summed E-state index contributed by atoms with van der Waals surface area (Å²) < 4.78 is 38.6. The standard InChI is InChI=1S/C12H16O5S/c1-4-15-10(2)16-11(3)17-18(13,14)12-8-6-5-7-9-12/h4-11H,1H2,2-3H3. The van der Waals surface area contributed by atoms with Crippen LogP contribution in [0.5, 0.6) is 0 Å². The molecule has 0 saturated heterocycles. The molecule has 2 unspecified atom stereocenters. The Kier molecular flexibility index (Phi) is 5.33. The second-order valence-electron chi connectivity index (χ2n) is 3.44. The Labute approximate surface area is 107 Å².